The third kappa shape index (κ3) is 5.60. The van der Waals surface area contributed by atoms with Crippen LogP contribution in [-0.4, -0.2) is 16.2 Å². The van der Waals surface area contributed by atoms with E-state index in [2.05, 4.69) is 20.8 Å². The molecule has 1 heterocycles. The van der Waals surface area contributed by atoms with E-state index in [0.717, 1.165) is 0 Å². The normalized spacial score (nSPS) is 10.5. The molecule has 11 heteroatoms. The zero-order chi connectivity index (χ0) is 19.4. The number of carbonyl (C=O) groups is 1. The first-order valence-electron chi connectivity index (χ1n) is 7.34. The van der Waals surface area contributed by atoms with E-state index in [1.54, 1.807) is 36.4 Å². The highest BCUT2D eigenvalue weighted by atomic mass is 35.5. The molecule has 1 aromatic heterocycles. The molecule has 2 N–H and O–H groups in total. The van der Waals surface area contributed by atoms with Gasteiger partial charge < -0.3 is 10.1 Å². The van der Waals surface area contributed by atoms with Crippen molar-refractivity contribution in [2.24, 2.45) is 0 Å². The summed E-state index contributed by atoms with van der Waals surface area (Å²) in [6.07, 6.45) is 0. The largest absolute Gasteiger partial charge is 0.485 e. The quantitative estimate of drug-likeness (QED) is 0.460. The van der Waals surface area contributed by atoms with Crippen molar-refractivity contribution < 1.29 is 9.53 Å². The third-order valence-electron chi connectivity index (χ3n) is 3.11. The molecule has 2 amide bonds. The van der Waals surface area contributed by atoms with Gasteiger partial charge in [0.2, 0.25) is 5.13 Å². The molecule has 0 unspecified atom stereocenters. The fraction of sp³-hybridized carbons (Fsp3) is 0.0625. The number of hydrogen-bond donors (Lipinski definition) is 2. The molecule has 0 saturated heterocycles. The molecule has 27 heavy (non-hydrogen) atoms. The zero-order valence-corrected chi connectivity index (χ0v) is 17.1. The van der Waals surface area contributed by atoms with Crippen molar-refractivity contribution in [2.45, 2.75) is 6.61 Å². The molecule has 140 valence electrons. The Balaban J connectivity index is 1.55. The first kappa shape index (κ1) is 20.0. The fourth-order valence-electron chi connectivity index (χ4n) is 1.93. The maximum atomic E-state index is 12.0. The Hall–Kier alpha value is -1.77. The predicted molar refractivity (Wildman–Crippen MR) is 110 cm³/mol. The smallest absolute Gasteiger partial charge is 0.325 e. The maximum Gasteiger partial charge on any atom is 0.325 e. The van der Waals surface area contributed by atoms with Gasteiger partial charge in [-0.25, -0.2) is 4.79 Å². The first-order chi connectivity index (χ1) is 12.9. The Labute approximate surface area is 178 Å². The summed E-state index contributed by atoms with van der Waals surface area (Å²) in [6.45, 7) is 0.148. The van der Waals surface area contributed by atoms with Gasteiger partial charge in [0.1, 0.15) is 12.4 Å². The molecule has 0 aliphatic carbocycles. The molecule has 0 aliphatic heterocycles. The standard InChI is InChI=1S/C16H10Cl4N4O2S/c17-8-1-4-13(12(20)5-8)26-7-14-23-24-16(27-14)22-15(25)21-9-2-3-10(18)11(19)6-9/h1-6H,7H2,(H2,21,22,24,25). The predicted octanol–water partition coefficient (Wildman–Crippen LogP) is 6.37. The van der Waals surface area contributed by atoms with E-state index in [9.17, 15) is 4.79 Å². The molecule has 0 bridgehead atoms. The minimum atomic E-state index is -0.488. The number of nitrogens with one attached hydrogen (secondary N) is 2. The summed E-state index contributed by atoms with van der Waals surface area (Å²) in [4.78, 5) is 12.0. The average molecular weight is 464 g/mol. The Morgan fingerprint density at radius 2 is 1.78 bits per heavy atom. The van der Waals surface area contributed by atoms with Crippen LogP contribution in [-0.2, 0) is 6.61 Å². The van der Waals surface area contributed by atoms with Crippen LogP contribution in [0.1, 0.15) is 5.01 Å². The van der Waals surface area contributed by atoms with Gasteiger partial charge >= 0.3 is 6.03 Å². The number of carbonyl (C=O) groups excluding carboxylic acids is 1. The van der Waals surface area contributed by atoms with Crippen LogP contribution in [0.25, 0.3) is 0 Å². The van der Waals surface area contributed by atoms with E-state index in [1.807, 2.05) is 0 Å². The van der Waals surface area contributed by atoms with Gasteiger partial charge in [-0.3, -0.25) is 5.32 Å². The highest BCUT2D eigenvalue weighted by molar-refractivity contribution is 7.15. The van der Waals surface area contributed by atoms with Gasteiger partial charge in [-0.15, -0.1) is 10.2 Å². The van der Waals surface area contributed by atoms with Gasteiger partial charge in [-0.2, -0.15) is 0 Å². The SMILES string of the molecule is O=C(Nc1ccc(Cl)c(Cl)c1)Nc1nnc(COc2ccc(Cl)cc2Cl)s1. The van der Waals surface area contributed by atoms with Gasteiger partial charge in [-0.1, -0.05) is 57.7 Å². The number of nitrogens with zero attached hydrogens (tertiary/aromatic N) is 2. The first-order valence-corrected chi connectivity index (χ1v) is 9.67. The van der Waals surface area contributed by atoms with Crippen LogP contribution in [0, 0.1) is 0 Å². The van der Waals surface area contributed by atoms with E-state index in [4.69, 9.17) is 51.1 Å². The van der Waals surface area contributed by atoms with Crippen molar-refractivity contribution in [1.29, 1.82) is 0 Å². The van der Waals surface area contributed by atoms with Gasteiger partial charge in [0.25, 0.3) is 0 Å². The average Bonchev–Trinajstić information content (AvgIpc) is 3.04. The van der Waals surface area contributed by atoms with Crippen LogP contribution in [0.2, 0.25) is 20.1 Å². The summed E-state index contributed by atoms with van der Waals surface area (Å²) < 4.78 is 5.58. The number of anilines is 2. The lowest BCUT2D eigenvalue weighted by atomic mass is 10.3. The number of benzene rings is 2. The van der Waals surface area contributed by atoms with Crippen LogP contribution in [0.5, 0.6) is 5.75 Å². The van der Waals surface area contributed by atoms with Crippen molar-refractivity contribution in [3.05, 3.63) is 61.5 Å². The second-order valence-electron chi connectivity index (χ2n) is 5.07. The molecule has 6 nitrogen and oxygen atoms in total. The van der Waals surface area contributed by atoms with Crippen LogP contribution in [0.15, 0.2) is 36.4 Å². The minimum Gasteiger partial charge on any atom is -0.485 e. The van der Waals surface area contributed by atoms with Crippen LogP contribution >= 0.6 is 57.7 Å². The molecular formula is C16H10Cl4N4O2S. The number of rotatable bonds is 5. The number of amides is 2. The molecule has 0 spiro atoms. The van der Waals surface area contributed by atoms with E-state index >= 15 is 0 Å². The lowest BCUT2D eigenvalue weighted by Gasteiger charge is -2.06. The number of ether oxygens (including phenoxy) is 1. The molecule has 3 aromatic rings. The van der Waals surface area contributed by atoms with Crippen molar-refractivity contribution in [1.82, 2.24) is 10.2 Å². The minimum absolute atomic E-state index is 0.148. The maximum absolute atomic E-state index is 12.0. The molecular weight excluding hydrogens is 454 g/mol. The monoisotopic (exact) mass is 462 g/mol. The fourth-order valence-corrected chi connectivity index (χ4v) is 3.34. The van der Waals surface area contributed by atoms with Crippen molar-refractivity contribution in [2.75, 3.05) is 10.6 Å². The van der Waals surface area contributed by atoms with E-state index in [1.165, 1.54) is 11.3 Å². The highest BCUT2D eigenvalue weighted by Crippen LogP contribution is 2.29. The van der Waals surface area contributed by atoms with Crippen LogP contribution in [0.3, 0.4) is 0 Å². The lowest BCUT2D eigenvalue weighted by Crippen LogP contribution is -2.19. The molecule has 0 aliphatic rings. The third-order valence-corrected chi connectivity index (χ3v) is 5.19. The van der Waals surface area contributed by atoms with Gasteiger partial charge in [0.05, 0.1) is 15.1 Å². The summed E-state index contributed by atoms with van der Waals surface area (Å²) in [5.74, 6) is 0.475. The van der Waals surface area contributed by atoms with Gasteiger partial charge in [0, 0.05) is 10.7 Å². The number of hydrogen-bond acceptors (Lipinski definition) is 5. The zero-order valence-electron chi connectivity index (χ0n) is 13.3. The second-order valence-corrected chi connectivity index (χ2v) is 7.79. The van der Waals surface area contributed by atoms with E-state index in [0.29, 0.717) is 41.7 Å². The summed E-state index contributed by atoms with van der Waals surface area (Å²) in [7, 11) is 0. The van der Waals surface area contributed by atoms with Gasteiger partial charge in [-0.05, 0) is 36.4 Å². The highest BCUT2D eigenvalue weighted by Gasteiger charge is 2.11. The van der Waals surface area contributed by atoms with Crippen molar-refractivity contribution in [3.63, 3.8) is 0 Å². The Kier molecular flexibility index (Phi) is 6.62. The Morgan fingerprint density at radius 3 is 2.52 bits per heavy atom. The molecule has 2 aromatic carbocycles. The van der Waals surface area contributed by atoms with Crippen molar-refractivity contribution in [3.8, 4) is 5.75 Å². The topological polar surface area (TPSA) is 76.1 Å². The molecule has 0 radical (unpaired) electrons. The van der Waals surface area contributed by atoms with Crippen LogP contribution < -0.4 is 15.4 Å². The molecule has 3 rings (SSSR count). The van der Waals surface area contributed by atoms with Gasteiger partial charge in [0.15, 0.2) is 5.01 Å². The van der Waals surface area contributed by atoms with Crippen LogP contribution in [0.4, 0.5) is 15.6 Å². The molecule has 0 saturated carbocycles. The Morgan fingerprint density at radius 1 is 0.963 bits per heavy atom. The summed E-state index contributed by atoms with van der Waals surface area (Å²) in [5, 5.41) is 15.6. The van der Waals surface area contributed by atoms with Crippen molar-refractivity contribution >= 4 is 74.6 Å². The lowest BCUT2D eigenvalue weighted by molar-refractivity contribution is 0.262. The summed E-state index contributed by atoms with van der Waals surface area (Å²) in [5.41, 5.74) is 0.493. The van der Waals surface area contributed by atoms with E-state index < -0.39 is 6.03 Å². The molecule has 0 fully saturated rings. The van der Waals surface area contributed by atoms with E-state index in [-0.39, 0.29) is 6.61 Å². The summed E-state index contributed by atoms with van der Waals surface area (Å²) >= 11 is 24.8. The Bertz CT molecular complexity index is 983. The molecule has 0 atom stereocenters. The second kappa shape index (κ2) is 8.95. The summed E-state index contributed by atoms with van der Waals surface area (Å²) in [6, 6.07) is 9.18. The number of urea groups is 1. The number of halogens is 4. The number of aromatic nitrogens is 2.